The van der Waals surface area contributed by atoms with Gasteiger partial charge >= 0.3 is 0 Å². The zero-order chi connectivity index (χ0) is 12.5. The molecule has 1 amide bonds. The summed E-state index contributed by atoms with van der Waals surface area (Å²) in [6.45, 7) is 3.75. The molecule has 0 spiro atoms. The molecule has 1 aliphatic rings. The molecule has 0 radical (unpaired) electrons. The highest BCUT2D eigenvalue weighted by atomic mass is 16.2. The van der Waals surface area contributed by atoms with Crippen LogP contribution in [0.2, 0.25) is 0 Å². The number of hydrogen-bond acceptors (Lipinski definition) is 2. The normalized spacial score (nSPS) is 15.6. The molecule has 0 atom stereocenters. The molecule has 1 rings (SSSR count). The highest BCUT2D eigenvalue weighted by Gasteiger charge is 2.27. The van der Waals surface area contributed by atoms with Gasteiger partial charge in [-0.3, -0.25) is 4.79 Å². The minimum Gasteiger partial charge on any atom is -0.340 e. The lowest BCUT2D eigenvalue weighted by Crippen LogP contribution is -2.45. The van der Waals surface area contributed by atoms with Gasteiger partial charge in [0, 0.05) is 19.0 Å². The maximum atomic E-state index is 12.1. The quantitative estimate of drug-likeness (QED) is 0.630. The molecule has 17 heavy (non-hydrogen) atoms. The third-order valence-electron chi connectivity index (χ3n) is 3.68. The maximum absolute atomic E-state index is 12.1. The molecule has 1 aliphatic carbocycles. The van der Waals surface area contributed by atoms with Gasteiger partial charge < -0.3 is 10.6 Å². The van der Waals surface area contributed by atoms with Crippen LogP contribution in [0.4, 0.5) is 0 Å². The van der Waals surface area contributed by atoms with Crippen molar-refractivity contribution < 1.29 is 4.79 Å². The molecule has 1 saturated carbocycles. The predicted molar refractivity (Wildman–Crippen MR) is 71.8 cm³/mol. The summed E-state index contributed by atoms with van der Waals surface area (Å²) in [5.41, 5.74) is 5.54. The highest BCUT2D eigenvalue weighted by Crippen LogP contribution is 2.25. The molecule has 0 aromatic rings. The van der Waals surface area contributed by atoms with Gasteiger partial charge in [-0.2, -0.15) is 0 Å². The average Bonchev–Trinajstić information content (AvgIpc) is 2.27. The molecule has 0 aromatic carbocycles. The second-order valence-corrected chi connectivity index (χ2v) is 5.12. The number of carbonyl (C=O) groups excluding carboxylic acids is 1. The number of hydrogen-bond donors (Lipinski definition) is 1. The second kappa shape index (κ2) is 8.51. The van der Waals surface area contributed by atoms with Crippen molar-refractivity contribution in [3.05, 3.63) is 0 Å². The summed E-state index contributed by atoms with van der Waals surface area (Å²) in [4.78, 5) is 14.2. The smallest absolute Gasteiger partial charge is 0.222 e. The van der Waals surface area contributed by atoms with Crippen LogP contribution in [0.1, 0.15) is 64.7 Å². The van der Waals surface area contributed by atoms with Crippen molar-refractivity contribution >= 4 is 5.91 Å². The van der Waals surface area contributed by atoms with Crippen LogP contribution in [0, 0.1) is 0 Å². The number of unbranched alkanes of at least 4 members (excludes halogenated alkanes) is 3. The standard InChI is InChI=1S/C14H28N2O/c1-2-3-4-5-10-14(17)16(12-7-11-15)13-8-6-9-13/h13H,2-12,15H2,1H3. The van der Waals surface area contributed by atoms with E-state index in [-0.39, 0.29) is 0 Å². The Bertz CT molecular complexity index is 214. The van der Waals surface area contributed by atoms with Gasteiger partial charge in [-0.15, -0.1) is 0 Å². The first-order chi connectivity index (χ1) is 8.29. The SMILES string of the molecule is CCCCCCC(=O)N(CCCN)C1CCC1. The van der Waals surface area contributed by atoms with Gasteiger partial charge in [0.15, 0.2) is 0 Å². The molecule has 2 N–H and O–H groups in total. The number of nitrogens with two attached hydrogens (primary N) is 1. The summed E-state index contributed by atoms with van der Waals surface area (Å²) in [5.74, 6) is 0.360. The van der Waals surface area contributed by atoms with Crippen molar-refractivity contribution in [1.29, 1.82) is 0 Å². The molecular weight excluding hydrogens is 212 g/mol. The molecule has 0 aliphatic heterocycles. The highest BCUT2D eigenvalue weighted by molar-refractivity contribution is 5.76. The van der Waals surface area contributed by atoms with Crippen molar-refractivity contribution in [1.82, 2.24) is 4.90 Å². The third-order valence-corrected chi connectivity index (χ3v) is 3.68. The van der Waals surface area contributed by atoms with E-state index in [1.165, 1.54) is 38.5 Å². The Hall–Kier alpha value is -0.570. The van der Waals surface area contributed by atoms with E-state index in [1.54, 1.807) is 0 Å². The lowest BCUT2D eigenvalue weighted by Gasteiger charge is -2.37. The Kier molecular flexibility index (Phi) is 7.25. The van der Waals surface area contributed by atoms with Gasteiger partial charge in [0.25, 0.3) is 0 Å². The molecular formula is C14H28N2O. The van der Waals surface area contributed by atoms with E-state index in [0.29, 0.717) is 18.5 Å². The van der Waals surface area contributed by atoms with E-state index in [4.69, 9.17) is 5.73 Å². The van der Waals surface area contributed by atoms with Gasteiger partial charge in [0.05, 0.1) is 0 Å². The monoisotopic (exact) mass is 240 g/mol. The minimum absolute atomic E-state index is 0.360. The molecule has 0 bridgehead atoms. The fourth-order valence-electron chi connectivity index (χ4n) is 2.32. The lowest BCUT2D eigenvalue weighted by molar-refractivity contribution is -0.135. The van der Waals surface area contributed by atoms with Crippen molar-refractivity contribution in [2.45, 2.75) is 70.8 Å². The summed E-state index contributed by atoms with van der Waals surface area (Å²) < 4.78 is 0. The minimum atomic E-state index is 0.360. The Balaban J connectivity index is 2.26. The van der Waals surface area contributed by atoms with Crippen LogP contribution in [0.15, 0.2) is 0 Å². The van der Waals surface area contributed by atoms with Crippen LogP contribution in [0.5, 0.6) is 0 Å². The Morgan fingerprint density at radius 1 is 1.24 bits per heavy atom. The van der Waals surface area contributed by atoms with E-state index in [2.05, 4.69) is 11.8 Å². The Morgan fingerprint density at radius 2 is 2.00 bits per heavy atom. The van der Waals surface area contributed by atoms with E-state index < -0.39 is 0 Å². The topological polar surface area (TPSA) is 46.3 Å². The molecule has 100 valence electrons. The molecule has 1 fully saturated rings. The second-order valence-electron chi connectivity index (χ2n) is 5.12. The fourth-order valence-corrected chi connectivity index (χ4v) is 2.32. The lowest BCUT2D eigenvalue weighted by atomic mass is 9.91. The van der Waals surface area contributed by atoms with Crippen LogP contribution in [0.3, 0.4) is 0 Å². The van der Waals surface area contributed by atoms with Gasteiger partial charge in [-0.1, -0.05) is 26.2 Å². The van der Waals surface area contributed by atoms with Crippen molar-refractivity contribution in [3.63, 3.8) is 0 Å². The maximum Gasteiger partial charge on any atom is 0.222 e. The number of amides is 1. The Labute approximate surface area is 106 Å². The van der Waals surface area contributed by atoms with Crippen LogP contribution in [-0.4, -0.2) is 29.9 Å². The predicted octanol–water partition coefficient (Wildman–Crippen LogP) is 2.69. The van der Waals surface area contributed by atoms with Gasteiger partial charge in [0.2, 0.25) is 5.91 Å². The van der Waals surface area contributed by atoms with Crippen LogP contribution in [-0.2, 0) is 4.79 Å². The molecule has 3 heteroatoms. The fraction of sp³-hybridized carbons (Fsp3) is 0.929. The van der Waals surface area contributed by atoms with Crippen LogP contribution < -0.4 is 5.73 Å². The number of rotatable bonds is 9. The van der Waals surface area contributed by atoms with Crippen LogP contribution >= 0.6 is 0 Å². The van der Waals surface area contributed by atoms with Crippen LogP contribution in [0.25, 0.3) is 0 Å². The largest absolute Gasteiger partial charge is 0.340 e. The molecule has 0 saturated heterocycles. The summed E-state index contributed by atoms with van der Waals surface area (Å²) >= 11 is 0. The van der Waals surface area contributed by atoms with Gasteiger partial charge in [-0.25, -0.2) is 0 Å². The van der Waals surface area contributed by atoms with Crippen molar-refractivity contribution in [2.75, 3.05) is 13.1 Å². The molecule has 0 heterocycles. The first-order valence-electron chi connectivity index (χ1n) is 7.29. The summed E-state index contributed by atoms with van der Waals surface area (Å²) in [6.07, 6.45) is 10.1. The summed E-state index contributed by atoms with van der Waals surface area (Å²) in [6, 6.07) is 0.528. The number of nitrogens with zero attached hydrogens (tertiary/aromatic N) is 1. The Morgan fingerprint density at radius 3 is 2.53 bits per heavy atom. The van der Waals surface area contributed by atoms with Gasteiger partial charge in [0.1, 0.15) is 0 Å². The average molecular weight is 240 g/mol. The first kappa shape index (κ1) is 14.5. The first-order valence-corrected chi connectivity index (χ1v) is 7.29. The van der Waals surface area contributed by atoms with E-state index in [0.717, 1.165) is 25.8 Å². The molecule has 0 unspecified atom stereocenters. The zero-order valence-electron chi connectivity index (χ0n) is 11.3. The summed E-state index contributed by atoms with van der Waals surface area (Å²) in [7, 11) is 0. The van der Waals surface area contributed by atoms with E-state index in [9.17, 15) is 4.79 Å². The van der Waals surface area contributed by atoms with Gasteiger partial charge in [-0.05, 0) is 38.6 Å². The van der Waals surface area contributed by atoms with Crippen molar-refractivity contribution in [2.24, 2.45) is 5.73 Å². The van der Waals surface area contributed by atoms with E-state index >= 15 is 0 Å². The number of carbonyl (C=O) groups is 1. The van der Waals surface area contributed by atoms with E-state index in [1.807, 2.05) is 0 Å². The molecule has 0 aromatic heterocycles. The summed E-state index contributed by atoms with van der Waals surface area (Å²) in [5, 5.41) is 0. The molecule has 3 nitrogen and oxygen atoms in total. The zero-order valence-corrected chi connectivity index (χ0v) is 11.3. The third kappa shape index (κ3) is 5.07. The van der Waals surface area contributed by atoms with Crippen molar-refractivity contribution in [3.8, 4) is 0 Å².